The Morgan fingerprint density at radius 3 is 2.33 bits per heavy atom. The van der Waals surface area contributed by atoms with Gasteiger partial charge in [-0.05, 0) is 56.2 Å². The average molecular weight is 239 g/mol. The van der Waals surface area contributed by atoms with Crippen LogP contribution in [0.4, 0.5) is 5.69 Å². The molecule has 0 saturated carbocycles. The summed E-state index contributed by atoms with van der Waals surface area (Å²) in [4.78, 5) is 12.4. The topological polar surface area (TPSA) is 43.1 Å². The second-order valence-corrected chi connectivity index (χ2v) is 4.72. The summed E-state index contributed by atoms with van der Waals surface area (Å²) in [6.07, 6.45) is 0. The van der Waals surface area contributed by atoms with Crippen LogP contribution in [0.15, 0.2) is 36.4 Å². The summed E-state index contributed by atoms with van der Waals surface area (Å²) in [5, 5.41) is 0. The molecule has 0 aliphatic carbocycles. The van der Waals surface area contributed by atoms with Crippen LogP contribution < -0.4 is 5.73 Å². The number of nitrogens with two attached hydrogens (primary N) is 1. The molecule has 0 radical (unpaired) electrons. The fourth-order valence-corrected chi connectivity index (χ4v) is 1.95. The Bertz CT molecular complexity index is 614. The predicted octanol–water partition coefficient (Wildman–Crippen LogP) is 3.43. The van der Waals surface area contributed by atoms with Crippen molar-refractivity contribution in [3.63, 3.8) is 0 Å². The summed E-state index contributed by atoms with van der Waals surface area (Å²) in [6, 6.07) is 11.3. The zero-order valence-corrected chi connectivity index (χ0v) is 10.9. The number of ketones is 1. The first-order chi connectivity index (χ1) is 8.49. The molecule has 92 valence electrons. The van der Waals surface area contributed by atoms with Gasteiger partial charge in [-0.1, -0.05) is 17.7 Å². The molecule has 0 atom stereocenters. The first-order valence-corrected chi connectivity index (χ1v) is 5.97. The highest BCUT2D eigenvalue weighted by atomic mass is 16.1. The Hall–Kier alpha value is -2.09. The number of benzene rings is 2. The fraction of sp³-hybridized carbons (Fsp3) is 0.188. The van der Waals surface area contributed by atoms with Crippen LogP contribution in [0.2, 0.25) is 0 Å². The molecule has 0 unspecified atom stereocenters. The van der Waals surface area contributed by atoms with E-state index in [1.807, 2.05) is 45.0 Å². The van der Waals surface area contributed by atoms with Crippen LogP contribution in [0, 0.1) is 20.8 Å². The number of hydrogen-bond donors (Lipinski definition) is 1. The third-order valence-corrected chi connectivity index (χ3v) is 3.17. The Morgan fingerprint density at radius 2 is 1.67 bits per heavy atom. The second kappa shape index (κ2) is 4.65. The van der Waals surface area contributed by atoms with Crippen molar-refractivity contribution < 1.29 is 4.79 Å². The molecule has 2 aromatic rings. The summed E-state index contributed by atoms with van der Waals surface area (Å²) >= 11 is 0. The number of carbonyl (C=O) groups is 1. The highest BCUT2D eigenvalue weighted by Gasteiger charge is 2.12. The first-order valence-electron chi connectivity index (χ1n) is 5.97. The number of aryl methyl sites for hydroxylation is 3. The van der Waals surface area contributed by atoms with E-state index in [0.717, 1.165) is 22.3 Å². The van der Waals surface area contributed by atoms with E-state index in [2.05, 4.69) is 0 Å². The lowest BCUT2D eigenvalue weighted by atomic mass is 9.96. The lowest BCUT2D eigenvalue weighted by Gasteiger charge is -2.08. The Kier molecular flexibility index (Phi) is 3.19. The van der Waals surface area contributed by atoms with Gasteiger partial charge in [-0.2, -0.15) is 0 Å². The summed E-state index contributed by atoms with van der Waals surface area (Å²) in [5.41, 5.74) is 11.0. The van der Waals surface area contributed by atoms with E-state index in [9.17, 15) is 4.79 Å². The van der Waals surface area contributed by atoms with Gasteiger partial charge in [0.25, 0.3) is 0 Å². The standard InChI is InChI=1S/C16H17NO/c1-10-4-5-11(2)14(8-10)16(18)13-6-7-15(17)12(3)9-13/h4-9H,17H2,1-3H3. The van der Waals surface area contributed by atoms with E-state index in [0.29, 0.717) is 11.3 Å². The zero-order valence-electron chi connectivity index (χ0n) is 10.9. The molecular formula is C16H17NO. The molecule has 0 aliphatic rings. The van der Waals surface area contributed by atoms with Crippen LogP contribution >= 0.6 is 0 Å². The van der Waals surface area contributed by atoms with E-state index in [4.69, 9.17) is 5.73 Å². The van der Waals surface area contributed by atoms with Crippen molar-refractivity contribution in [1.29, 1.82) is 0 Å². The molecule has 2 N–H and O–H groups in total. The molecule has 0 spiro atoms. The number of hydrogen-bond acceptors (Lipinski definition) is 2. The number of nitrogen functional groups attached to an aromatic ring is 1. The van der Waals surface area contributed by atoms with Gasteiger partial charge in [-0.25, -0.2) is 0 Å². The van der Waals surface area contributed by atoms with Crippen molar-refractivity contribution >= 4 is 11.5 Å². The molecule has 0 bridgehead atoms. The molecule has 0 amide bonds. The van der Waals surface area contributed by atoms with Gasteiger partial charge < -0.3 is 5.73 Å². The first kappa shape index (κ1) is 12.4. The predicted molar refractivity (Wildman–Crippen MR) is 74.9 cm³/mol. The highest BCUT2D eigenvalue weighted by Crippen LogP contribution is 2.19. The number of anilines is 1. The normalized spacial score (nSPS) is 10.4. The summed E-state index contributed by atoms with van der Waals surface area (Å²) < 4.78 is 0. The van der Waals surface area contributed by atoms with E-state index >= 15 is 0 Å². The molecule has 2 rings (SSSR count). The lowest BCUT2D eigenvalue weighted by Crippen LogP contribution is -2.05. The van der Waals surface area contributed by atoms with Crippen molar-refractivity contribution in [3.05, 3.63) is 64.2 Å². The maximum atomic E-state index is 12.4. The van der Waals surface area contributed by atoms with Crippen LogP contribution in [0.3, 0.4) is 0 Å². The molecular weight excluding hydrogens is 222 g/mol. The van der Waals surface area contributed by atoms with Crippen LogP contribution in [-0.4, -0.2) is 5.78 Å². The van der Waals surface area contributed by atoms with Gasteiger partial charge in [-0.3, -0.25) is 4.79 Å². The lowest BCUT2D eigenvalue weighted by molar-refractivity contribution is 0.103. The third-order valence-electron chi connectivity index (χ3n) is 3.17. The van der Waals surface area contributed by atoms with Crippen LogP contribution in [0.25, 0.3) is 0 Å². The summed E-state index contributed by atoms with van der Waals surface area (Å²) in [5.74, 6) is 0.0549. The maximum absolute atomic E-state index is 12.4. The van der Waals surface area contributed by atoms with Gasteiger partial charge in [0.1, 0.15) is 0 Å². The highest BCUT2D eigenvalue weighted by molar-refractivity contribution is 6.10. The molecule has 0 aromatic heterocycles. The van der Waals surface area contributed by atoms with Crippen LogP contribution in [-0.2, 0) is 0 Å². The van der Waals surface area contributed by atoms with Gasteiger partial charge in [-0.15, -0.1) is 0 Å². The van der Waals surface area contributed by atoms with Gasteiger partial charge in [0.05, 0.1) is 0 Å². The minimum atomic E-state index is 0.0549. The van der Waals surface area contributed by atoms with E-state index in [1.54, 1.807) is 12.1 Å². The summed E-state index contributed by atoms with van der Waals surface area (Å²) in [6.45, 7) is 5.86. The van der Waals surface area contributed by atoms with Crippen molar-refractivity contribution in [2.75, 3.05) is 5.73 Å². The van der Waals surface area contributed by atoms with Crippen LogP contribution in [0.1, 0.15) is 32.6 Å². The smallest absolute Gasteiger partial charge is 0.193 e. The maximum Gasteiger partial charge on any atom is 0.193 e. The summed E-state index contributed by atoms with van der Waals surface area (Å²) in [7, 11) is 0. The minimum absolute atomic E-state index is 0.0549. The number of rotatable bonds is 2. The largest absolute Gasteiger partial charge is 0.399 e. The molecule has 2 aromatic carbocycles. The van der Waals surface area contributed by atoms with Crippen molar-refractivity contribution in [2.45, 2.75) is 20.8 Å². The molecule has 0 aliphatic heterocycles. The van der Waals surface area contributed by atoms with Crippen LogP contribution in [0.5, 0.6) is 0 Å². The third kappa shape index (κ3) is 2.28. The van der Waals surface area contributed by atoms with E-state index in [-0.39, 0.29) is 5.78 Å². The Balaban J connectivity index is 2.47. The van der Waals surface area contributed by atoms with Gasteiger partial charge in [0, 0.05) is 16.8 Å². The number of carbonyl (C=O) groups excluding carboxylic acids is 1. The minimum Gasteiger partial charge on any atom is -0.399 e. The Labute approximate surface area is 107 Å². The average Bonchev–Trinajstić information content (AvgIpc) is 2.35. The molecule has 0 heterocycles. The monoisotopic (exact) mass is 239 g/mol. The van der Waals surface area contributed by atoms with Gasteiger partial charge in [0.2, 0.25) is 0 Å². The molecule has 2 heteroatoms. The van der Waals surface area contributed by atoms with Crippen molar-refractivity contribution in [2.24, 2.45) is 0 Å². The van der Waals surface area contributed by atoms with Crippen molar-refractivity contribution in [3.8, 4) is 0 Å². The van der Waals surface area contributed by atoms with E-state index < -0.39 is 0 Å². The quantitative estimate of drug-likeness (QED) is 0.644. The second-order valence-electron chi connectivity index (χ2n) is 4.72. The fourth-order valence-electron chi connectivity index (χ4n) is 1.95. The Morgan fingerprint density at radius 1 is 0.944 bits per heavy atom. The SMILES string of the molecule is Cc1ccc(C)c(C(=O)c2ccc(N)c(C)c2)c1. The molecule has 0 fully saturated rings. The zero-order chi connectivity index (χ0) is 13.3. The molecule has 0 saturated heterocycles. The molecule has 2 nitrogen and oxygen atoms in total. The molecule has 18 heavy (non-hydrogen) atoms. The van der Waals surface area contributed by atoms with E-state index in [1.165, 1.54) is 0 Å². The van der Waals surface area contributed by atoms with Crippen molar-refractivity contribution in [1.82, 2.24) is 0 Å². The van der Waals surface area contributed by atoms with Gasteiger partial charge in [0.15, 0.2) is 5.78 Å². The van der Waals surface area contributed by atoms with Gasteiger partial charge >= 0.3 is 0 Å².